The monoisotopic (exact) mass is 283 g/mol. The molecule has 1 N–H and O–H groups in total. The Balaban J connectivity index is 1.95. The number of nitrogens with one attached hydrogen (secondary N) is 1. The number of fused-ring (bicyclic) bond motifs is 3. The van der Waals surface area contributed by atoms with E-state index in [9.17, 15) is 4.79 Å². The Morgan fingerprint density at radius 1 is 1.24 bits per heavy atom. The lowest BCUT2D eigenvalue weighted by Crippen LogP contribution is -2.22. The lowest BCUT2D eigenvalue weighted by molar-refractivity contribution is 0.398. The fourth-order valence-electron chi connectivity index (χ4n) is 2.91. The second-order valence-corrected chi connectivity index (χ2v) is 5.90. The van der Waals surface area contributed by atoms with E-state index >= 15 is 0 Å². The summed E-state index contributed by atoms with van der Waals surface area (Å²) in [5.74, 6) is 0.803. The van der Waals surface area contributed by atoms with Crippen LogP contribution in [0, 0.1) is 0 Å². The zero-order chi connectivity index (χ0) is 14.8. The highest BCUT2D eigenvalue weighted by Gasteiger charge is 2.20. The Kier molecular flexibility index (Phi) is 3.88. The number of H-pyrrole nitrogens is 1. The number of aromatic amines is 1. The smallest absolute Gasteiger partial charge is 0.254 e. The van der Waals surface area contributed by atoms with Gasteiger partial charge in [0.2, 0.25) is 0 Å². The Morgan fingerprint density at radius 3 is 2.86 bits per heavy atom. The maximum Gasteiger partial charge on any atom is 0.254 e. The summed E-state index contributed by atoms with van der Waals surface area (Å²) in [7, 11) is 4.11. The maximum atomic E-state index is 12.3. The Hall–Kier alpha value is -1.94. The summed E-state index contributed by atoms with van der Waals surface area (Å²) >= 11 is 0. The molecule has 110 valence electrons. The molecule has 0 saturated heterocycles. The maximum absolute atomic E-state index is 12.3. The molecule has 0 bridgehead atoms. The van der Waals surface area contributed by atoms with Crippen LogP contribution in [0.4, 0.5) is 0 Å². The van der Waals surface area contributed by atoms with E-state index in [1.165, 1.54) is 5.56 Å². The molecule has 0 saturated carbocycles. The first-order valence-corrected chi connectivity index (χ1v) is 7.50. The highest BCUT2D eigenvalue weighted by molar-refractivity contribution is 5.69. The number of benzene rings is 1. The van der Waals surface area contributed by atoms with Gasteiger partial charge in [-0.05, 0) is 45.5 Å². The zero-order valence-corrected chi connectivity index (χ0v) is 12.6. The van der Waals surface area contributed by atoms with Gasteiger partial charge in [-0.15, -0.1) is 0 Å². The lowest BCUT2D eigenvalue weighted by atomic mass is 9.90. The summed E-state index contributed by atoms with van der Waals surface area (Å²) in [6.07, 6.45) is 3.51. The minimum Gasteiger partial charge on any atom is -0.310 e. The van der Waals surface area contributed by atoms with Crippen molar-refractivity contribution in [3.05, 3.63) is 51.6 Å². The molecule has 0 unspecified atom stereocenters. The number of hydrogen-bond acceptors (Lipinski definition) is 3. The average molecular weight is 283 g/mol. The molecule has 0 spiro atoms. The summed E-state index contributed by atoms with van der Waals surface area (Å²) < 4.78 is 0. The highest BCUT2D eigenvalue weighted by atomic mass is 16.1. The number of hydrogen-bond donors (Lipinski definition) is 1. The van der Waals surface area contributed by atoms with E-state index in [0.717, 1.165) is 54.9 Å². The zero-order valence-electron chi connectivity index (χ0n) is 12.6. The van der Waals surface area contributed by atoms with Gasteiger partial charge >= 0.3 is 0 Å². The topological polar surface area (TPSA) is 49.0 Å². The number of aryl methyl sites for hydroxylation is 2. The van der Waals surface area contributed by atoms with Gasteiger partial charge in [0.15, 0.2) is 0 Å². The summed E-state index contributed by atoms with van der Waals surface area (Å²) in [4.78, 5) is 22.1. The molecule has 0 amide bonds. The minimum atomic E-state index is 0.0364. The van der Waals surface area contributed by atoms with Crippen LogP contribution in [0.5, 0.6) is 0 Å². The molecule has 4 heteroatoms. The predicted octanol–water partition coefficient (Wildman–Crippen LogP) is 2.03. The molecule has 1 aromatic carbocycles. The molecule has 1 aliphatic carbocycles. The molecular weight excluding hydrogens is 262 g/mol. The van der Waals surface area contributed by atoms with Crippen molar-refractivity contribution in [2.45, 2.75) is 25.7 Å². The molecule has 0 fully saturated rings. The van der Waals surface area contributed by atoms with E-state index in [1.54, 1.807) is 0 Å². The molecule has 3 rings (SSSR count). The fraction of sp³-hybridized carbons (Fsp3) is 0.412. The second kappa shape index (κ2) is 5.82. The first-order chi connectivity index (χ1) is 10.1. The molecule has 0 aliphatic heterocycles. The molecule has 0 atom stereocenters. The van der Waals surface area contributed by atoms with E-state index in [4.69, 9.17) is 4.98 Å². The fourth-order valence-corrected chi connectivity index (χ4v) is 2.91. The van der Waals surface area contributed by atoms with Crippen LogP contribution in [-0.4, -0.2) is 35.5 Å². The van der Waals surface area contributed by atoms with E-state index in [2.05, 4.69) is 42.2 Å². The summed E-state index contributed by atoms with van der Waals surface area (Å²) in [6, 6.07) is 8.27. The average Bonchev–Trinajstić information content (AvgIpc) is 2.47. The third-order valence-electron chi connectivity index (χ3n) is 4.00. The minimum absolute atomic E-state index is 0.0364. The second-order valence-electron chi connectivity index (χ2n) is 5.90. The van der Waals surface area contributed by atoms with Gasteiger partial charge in [-0.2, -0.15) is 0 Å². The third-order valence-corrected chi connectivity index (χ3v) is 4.00. The third kappa shape index (κ3) is 2.90. The van der Waals surface area contributed by atoms with Crippen LogP contribution in [0.2, 0.25) is 0 Å². The molecular formula is C17H21N3O. The van der Waals surface area contributed by atoms with E-state index in [-0.39, 0.29) is 5.56 Å². The van der Waals surface area contributed by atoms with Gasteiger partial charge in [-0.25, -0.2) is 4.98 Å². The van der Waals surface area contributed by atoms with Crippen LogP contribution in [0.25, 0.3) is 11.3 Å². The first kappa shape index (κ1) is 14.0. The largest absolute Gasteiger partial charge is 0.310 e. The van der Waals surface area contributed by atoms with E-state index < -0.39 is 0 Å². The van der Waals surface area contributed by atoms with Crippen molar-refractivity contribution >= 4 is 0 Å². The molecule has 21 heavy (non-hydrogen) atoms. The summed E-state index contributed by atoms with van der Waals surface area (Å²) in [6.45, 7) is 0.997. The van der Waals surface area contributed by atoms with Crippen LogP contribution in [0.1, 0.15) is 23.4 Å². The standard InChI is InChI=1S/C17H21N3O/c1-20(2)11-5-8-15-18-16-13-7-4-3-6-12(13)9-10-14(16)17(21)19-15/h3-4,6-7H,5,8-11H2,1-2H3,(H,18,19,21). The van der Waals surface area contributed by atoms with Gasteiger partial charge in [0, 0.05) is 17.5 Å². The van der Waals surface area contributed by atoms with Crippen molar-refractivity contribution in [1.82, 2.24) is 14.9 Å². The number of aromatic nitrogens is 2. The molecule has 2 aromatic rings. The normalized spacial score (nSPS) is 13.1. The van der Waals surface area contributed by atoms with Gasteiger partial charge in [0.25, 0.3) is 5.56 Å². The summed E-state index contributed by atoms with van der Waals surface area (Å²) in [5, 5.41) is 0. The Morgan fingerprint density at radius 2 is 2.05 bits per heavy atom. The van der Waals surface area contributed by atoms with Crippen molar-refractivity contribution in [2.75, 3.05) is 20.6 Å². The number of rotatable bonds is 4. The van der Waals surface area contributed by atoms with Crippen molar-refractivity contribution in [3.63, 3.8) is 0 Å². The van der Waals surface area contributed by atoms with Crippen molar-refractivity contribution in [1.29, 1.82) is 0 Å². The van der Waals surface area contributed by atoms with Crippen molar-refractivity contribution in [3.8, 4) is 11.3 Å². The van der Waals surface area contributed by atoms with Gasteiger partial charge < -0.3 is 9.88 Å². The van der Waals surface area contributed by atoms with Crippen LogP contribution in [-0.2, 0) is 19.3 Å². The van der Waals surface area contributed by atoms with Crippen molar-refractivity contribution in [2.24, 2.45) is 0 Å². The van der Waals surface area contributed by atoms with E-state index in [1.807, 2.05) is 6.07 Å². The van der Waals surface area contributed by atoms with Gasteiger partial charge in [-0.3, -0.25) is 4.79 Å². The van der Waals surface area contributed by atoms with Gasteiger partial charge in [-0.1, -0.05) is 24.3 Å². The van der Waals surface area contributed by atoms with Gasteiger partial charge in [0.05, 0.1) is 5.69 Å². The van der Waals surface area contributed by atoms with Crippen LogP contribution in [0.15, 0.2) is 29.1 Å². The first-order valence-electron chi connectivity index (χ1n) is 7.50. The molecule has 1 heterocycles. The van der Waals surface area contributed by atoms with E-state index in [0.29, 0.717) is 0 Å². The Bertz CT molecular complexity index is 703. The highest BCUT2D eigenvalue weighted by Crippen LogP contribution is 2.29. The molecule has 1 aromatic heterocycles. The molecule has 0 radical (unpaired) electrons. The van der Waals surface area contributed by atoms with Crippen LogP contribution < -0.4 is 5.56 Å². The van der Waals surface area contributed by atoms with Crippen LogP contribution >= 0.6 is 0 Å². The molecule has 1 aliphatic rings. The Labute approximate surface area is 124 Å². The quantitative estimate of drug-likeness (QED) is 0.934. The molecule has 4 nitrogen and oxygen atoms in total. The SMILES string of the molecule is CN(C)CCCc1nc2c(c(=O)[nH]1)CCc1ccccc1-2. The van der Waals surface area contributed by atoms with Crippen LogP contribution in [0.3, 0.4) is 0 Å². The number of nitrogens with zero attached hydrogens (tertiary/aromatic N) is 2. The van der Waals surface area contributed by atoms with Gasteiger partial charge in [0.1, 0.15) is 5.82 Å². The lowest BCUT2D eigenvalue weighted by Gasteiger charge is -2.18. The van der Waals surface area contributed by atoms with Crippen molar-refractivity contribution < 1.29 is 0 Å². The predicted molar refractivity (Wildman–Crippen MR) is 84.6 cm³/mol. The summed E-state index contributed by atoms with van der Waals surface area (Å²) in [5.41, 5.74) is 4.18.